The topological polar surface area (TPSA) is 76.0 Å². The minimum absolute atomic E-state index is 0.0291. The van der Waals surface area contributed by atoms with E-state index in [1.54, 1.807) is 17.1 Å². The van der Waals surface area contributed by atoms with Crippen LogP contribution < -0.4 is 10.0 Å². The minimum Gasteiger partial charge on any atom is -0.336 e. The third-order valence-corrected chi connectivity index (χ3v) is 5.39. The number of nitrogens with one attached hydrogen (secondary N) is 2. The predicted molar refractivity (Wildman–Crippen MR) is 82.6 cm³/mol. The third-order valence-electron chi connectivity index (χ3n) is 3.98. The van der Waals surface area contributed by atoms with Gasteiger partial charge in [-0.05, 0) is 45.6 Å². The molecule has 1 aliphatic rings. The molecule has 0 radical (unpaired) electrons. The van der Waals surface area contributed by atoms with Crippen LogP contribution in [0.25, 0.3) is 0 Å². The van der Waals surface area contributed by atoms with Crippen molar-refractivity contribution in [3.8, 4) is 0 Å². The first-order valence-electron chi connectivity index (χ1n) is 7.82. The SMILES string of the molecule is CCCNC1CCC(NS(=O)(=O)c2cn(CC)cn2)CC1. The van der Waals surface area contributed by atoms with Gasteiger partial charge in [0.15, 0.2) is 5.03 Å². The molecule has 21 heavy (non-hydrogen) atoms. The third kappa shape index (κ3) is 4.52. The Balaban J connectivity index is 1.87. The van der Waals surface area contributed by atoms with Crippen molar-refractivity contribution in [3.63, 3.8) is 0 Å². The van der Waals surface area contributed by atoms with Gasteiger partial charge in [-0.25, -0.2) is 18.1 Å². The Morgan fingerprint density at radius 2 is 1.90 bits per heavy atom. The quantitative estimate of drug-likeness (QED) is 0.799. The Morgan fingerprint density at radius 1 is 1.24 bits per heavy atom. The molecule has 1 fully saturated rings. The second-order valence-corrected chi connectivity index (χ2v) is 7.33. The zero-order valence-electron chi connectivity index (χ0n) is 12.9. The summed E-state index contributed by atoms with van der Waals surface area (Å²) in [5, 5.41) is 3.63. The van der Waals surface area contributed by atoms with Gasteiger partial charge in [-0.15, -0.1) is 0 Å². The van der Waals surface area contributed by atoms with Crippen LogP contribution >= 0.6 is 0 Å². The smallest absolute Gasteiger partial charge is 0.259 e. The van der Waals surface area contributed by atoms with Crippen LogP contribution in [0.15, 0.2) is 17.6 Å². The molecule has 120 valence electrons. The normalized spacial score (nSPS) is 23.3. The molecule has 1 heterocycles. The summed E-state index contributed by atoms with van der Waals surface area (Å²) in [5.41, 5.74) is 0. The first-order chi connectivity index (χ1) is 10.0. The molecule has 0 bridgehead atoms. The number of aryl methyl sites for hydroxylation is 1. The second kappa shape index (κ2) is 7.38. The van der Waals surface area contributed by atoms with Crippen LogP contribution in [-0.4, -0.2) is 36.6 Å². The molecule has 1 aliphatic carbocycles. The van der Waals surface area contributed by atoms with E-state index in [-0.39, 0.29) is 11.1 Å². The van der Waals surface area contributed by atoms with E-state index >= 15 is 0 Å². The average molecular weight is 314 g/mol. The fourth-order valence-corrected chi connectivity index (χ4v) is 3.95. The Bertz CT molecular complexity index is 533. The molecule has 0 aromatic carbocycles. The summed E-state index contributed by atoms with van der Waals surface area (Å²) < 4.78 is 29.1. The lowest BCUT2D eigenvalue weighted by atomic mass is 9.92. The summed E-state index contributed by atoms with van der Waals surface area (Å²) in [6.07, 6.45) is 8.08. The highest BCUT2D eigenvalue weighted by molar-refractivity contribution is 7.89. The molecule has 0 unspecified atom stereocenters. The van der Waals surface area contributed by atoms with Gasteiger partial charge in [-0.2, -0.15) is 0 Å². The summed E-state index contributed by atoms with van der Waals surface area (Å²) in [6.45, 7) is 5.87. The lowest BCUT2D eigenvalue weighted by Gasteiger charge is -2.29. The van der Waals surface area contributed by atoms with E-state index in [1.807, 2.05) is 6.92 Å². The molecule has 0 atom stereocenters. The number of nitrogens with zero attached hydrogens (tertiary/aromatic N) is 2. The molecule has 0 saturated heterocycles. The first kappa shape index (κ1) is 16.5. The fourth-order valence-electron chi connectivity index (χ4n) is 2.69. The first-order valence-corrected chi connectivity index (χ1v) is 9.31. The van der Waals surface area contributed by atoms with E-state index in [2.05, 4.69) is 21.9 Å². The molecular formula is C14H26N4O2S. The number of imidazole rings is 1. The van der Waals surface area contributed by atoms with Gasteiger partial charge in [0.1, 0.15) is 0 Å². The van der Waals surface area contributed by atoms with Crippen LogP contribution in [0.3, 0.4) is 0 Å². The molecule has 2 N–H and O–H groups in total. The van der Waals surface area contributed by atoms with E-state index in [1.165, 1.54) is 0 Å². The van der Waals surface area contributed by atoms with Crippen molar-refractivity contribution in [1.82, 2.24) is 19.6 Å². The van der Waals surface area contributed by atoms with E-state index < -0.39 is 10.0 Å². The van der Waals surface area contributed by atoms with Crippen molar-refractivity contribution in [3.05, 3.63) is 12.5 Å². The maximum absolute atomic E-state index is 12.3. The number of rotatable bonds is 7. The summed E-state index contributed by atoms with van der Waals surface area (Å²) in [6, 6.07) is 0.562. The van der Waals surface area contributed by atoms with Crippen molar-refractivity contribution in [2.24, 2.45) is 0 Å². The molecule has 1 aromatic heterocycles. The summed E-state index contributed by atoms with van der Waals surface area (Å²) in [4.78, 5) is 3.98. The minimum atomic E-state index is -3.49. The van der Waals surface area contributed by atoms with E-state index in [9.17, 15) is 8.42 Å². The highest BCUT2D eigenvalue weighted by Gasteiger charge is 2.26. The van der Waals surface area contributed by atoms with E-state index in [4.69, 9.17) is 0 Å². The van der Waals surface area contributed by atoms with E-state index in [0.717, 1.165) is 45.2 Å². The molecule has 7 heteroatoms. The maximum atomic E-state index is 12.3. The zero-order valence-corrected chi connectivity index (χ0v) is 13.7. The number of aromatic nitrogens is 2. The Morgan fingerprint density at radius 3 is 2.48 bits per heavy atom. The molecule has 0 amide bonds. The highest BCUT2D eigenvalue weighted by Crippen LogP contribution is 2.20. The summed E-state index contributed by atoms with van der Waals surface area (Å²) in [7, 11) is -3.49. The van der Waals surface area contributed by atoms with Crippen LogP contribution in [0.4, 0.5) is 0 Å². The Hall–Kier alpha value is -0.920. The van der Waals surface area contributed by atoms with Crippen molar-refractivity contribution < 1.29 is 8.42 Å². The number of hydrogen-bond acceptors (Lipinski definition) is 4. The second-order valence-electron chi connectivity index (χ2n) is 5.67. The van der Waals surface area contributed by atoms with Gasteiger partial charge < -0.3 is 9.88 Å². The zero-order chi connectivity index (χ0) is 15.3. The van der Waals surface area contributed by atoms with Crippen LogP contribution in [0.2, 0.25) is 0 Å². The fraction of sp³-hybridized carbons (Fsp3) is 0.786. The van der Waals surface area contributed by atoms with Gasteiger partial charge in [0.05, 0.1) is 6.33 Å². The van der Waals surface area contributed by atoms with Gasteiger partial charge in [0.25, 0.3) is 10.0 Å². The Labute approximate surface area is 127 Å². The summed E-state index contributed by atoms with van der Waals surface area (Å²) in [5.74, 6) is 0. The van der Waals surface area contributed by atoms with Crippen LogP contribution in [0, 0.1) is 0 Å². The molecule has 2 rings (SSSR count). The Kier molecular flexibility index (Phi) is 5.78. The average Bonchev–Trinajstić information content (AvgIpc) is 2.96. The van der Waals surface area contributed by atoms with Gasteiger partial charge in [0.2, 0.25) is 0 Å². The van der Waals surface area contributed by atoms with Crippen LogP contribution in [0.1, 0.15) is 46.0 Å². The van der Waals surface area contributed by atoms with Crippen LogP contribution in [-0.2, 0) is 16.6 Å². The van der Waals surface area contributed by atoms with Crippen molar-refractivity contribution in [2.75, 3.05) is 6.54 Å². The molecule has 6 nitrogen and oxygen atoms in total. The molecule has 1 saturated carbocycles. The van der Waals surface area contributed by atoms with Gasteiger partial charge >= 0.3 is 0 Å². The lowest BCUT2D eigenvalue weighted by Crippen LogP contribution is -2.42. The summed E-state index contributed by atoms with van der Waals surface area (Å²) >= 11 is 0. The molecule has 0 aliphatic heterocycles. The van der Waals surface area contributed by atoms with Crippen molar-refractivity contribution in [1.29, 1.82) is 0 Å². The standard InChI is InChI=1S/C14H26N4O2S/c1-3-9-15-12-5-7-13(8-6-12)17-21(19,20)14-10-18(4-2)11-16-14/h10-13,15,17H,3-9H2,1-2H3. The lowest BCUT2D eigenvalue weighted by molar-refractivity contribution is 0.330. The van der Waals surface area contributed by atoms with Gasteiger partial charge in [-0.1, -0.05) is 6.92 Å². The van der Waals surface area contributed by atoms with Crippen molar-refractivity contribution >= 4 is 10.0 Å². The van der Waals surface area contributed by atoms with Gasteiger partial charge in [-0.3, -0.25) is 0 Å². The predicted octanol–water partition coefficient (Wildman–Crippen LogP) is 1.49. The van der Waals surface area contributed by atoms with E-state index in [0.29, 0.717) is 6.04 Å². The van der Waals surface area contributed by atoms with Crippen LogP contribution in [0.5, 0.6) is 0 Å². The highest BCUT2D eigenvalue weighted by atomic mass is 32.2. The van der Waals surface area contributed by atoms with Crippen molar-refractivity contribution in [2.45, 2.75) is 69.6 Å². The van der Waals surface area contributed by atoms with Gasteiger partial charge in [0, 0.05) is 24.8 Å². The largest absolute Gasteiger partial charge is 0.336 e. The molecule has 1 aromatic rings. The monoisotopic (exact) mass is 314 g/mol. The maximum Gasteiger partial charge on any atom is 0.259 e. The number of sulfonamides is 1. The molecule has 0 spiro atoms. The molecular weight excluding hydrogens is 288 g/mol. The number of hydrogen-bond donors (Lipinski definition) is 2.